The molecule has 0 aliphatic carbocycles. The van der Waals surface area contributed by atoms with Crippen LogP contribution in [0.4, 0.5) is 5.69 Å². The topological polar surface area (TPSA) is 65.3 Å². The summed E-state index contributed by atoms with van der Waals surface area (Å²) in [6, 6.07) is 8.71. The molecule has 0 saturated carbocycles. The summed E-state index contributed by atoms with van der Waals surface area (Å²) in [5, 5.41) is 10.9. The lowest BCUT2D eigenvalue weighted by atomic mass is 10.3. The minimum absolute atomic E-state index is 0.00900. The van der Waals surface area contributed by atoms with Gasteiger partial charge in [0.25, 0.3) is 5.88 Å². The first kappa shape index (κ1) is 12.7. The van der Waals surface area contributed by atoms with Crippen LogP contribution in [0.25, 0.3) is 0 Å². The monoisotopic (exact) mass is 356 g/mol. The quantitative estimate of drug-likeness (QED) is 0.478. The van der Waals surface area contributed by atoms with Crippen LogP contribution in [0.2, 0.25) is 0 Å². The molecule has 0 saturated heterocycles. The van der Waals surface area contributed by atoms with E-state index in [9.17, 15) is 10.1 Å². The maximum Gasteiger partial charge on any atom is 0.331 e. The highest BCUT2D eigenvalue weighted by molar-refractivity contribution is 14.1. The molecule has 92 valence electrons. The van der Waals surface area contributed by atoms with Crippen LogP contribution < -0.4 is 4.74 Å². The van der Waals surface area contributed by atoms with E-state index in [1.807, 2.05) is 12.1 Å². The predicted molar refractivity (Wildman–Crippen MR) is 74.9 cm³/mol. The molecule has 2 aromatic rings. The lowest BCUT2D eigenvalue weighted by molar-refractivity contribution is -0.386. The van der Waals surface area contributed by atoms with Crippen molar-refractivity contribution in [1.29, 1.82) is 0 Å². The minimum Gasteiger partial charge on any atom is -0.433 e. The smallest absolute Gasteiger partial charge is 0.331 e. The zero-order valence-electron chi connectivity index (χ0n) is 9.46. The number of rotatable bonds is 3. The molecule has 0 bridgehead atoms. The Morgan fingerprint density at radius 2 is 2.11 bits per heavy atom. The average Bonchev–Trinajstić information content (AvgIpc) is 2.34. The number of para-hydroxylation sites is 1. The normalized spacial score (nSPS) is 10.1. The molecule has 1 heterocycles. The number of nitro groups is 1. The molecule has 0 unspecified atom stereocenters. The lowest BCUT2D eigenvalue weighted by Gasteiger charge is -2.07. The molecule has 1 aromatic carbocycles. The second-order valence-corrected chi connectivity index (χ2v) is 4.79. The largest absolute Gasteiger partial charge is 0.433 e. The van der Waals surface area contributed by atoms with Crippen molar-refractivity contribution in [2.24, 2.45) is 0 Å². The van der Waals surface area contributed by atoms with Gasteiger partial charge in [-0.1, -0.05) is 12.1 Å². The maximum atomic E-state index is 10.9. The molecule has 6 heteroatoms. The molecule has 0 fully saturated rings. The van der Waals surface area contributed by atoms with Crippen LogP contribution in [0.5, 0.6) is 11.6 Å². The Morgan fingerprint density at radius 3 is 2.78 bits per heavy atom. The fourth-order valence-corrected chi connectivity index (χ4v) is 1.88. The molecular formula is C12H9IN2O3. The van der Waals surface area contributed by atoms with Crippen molar-refractivity contribution in [2.75, 3.05) is 0 Å². The van der Waals surface area contributed by atoms with Crippen LogP contribution >= 0.6 is 22.6 Å². The van der Waals surface area contributed by atoms with Crippen molar-refractivity contribution in [1.82, 2.24) is 4.98 Å². The van der Waals surface area contributed by atoms with Crippen molar-refractivity contribution < 1.29 is 9.66 Å². The first-order valence-corrected chi connectivity index (χ1v) is 6.19. The van der Waals surface area contributed by atoms with Gasteiger partial charge < -0.3 is 4.74 Å². The highest BCUT2D eigenvalue weighted by atomic mass is 127. The van der Waals surface area contributed by atoms with Gasteiger partial charge in [-0.15, -0.1) is 0 Å². The molecular weight excluding hydrogens is 347 g/mol. The maximum absolute atomic E-state index is 10.9. The highest BCUT2D eigenvalue weighted by Gasteiger charge is 2.18. The van der Waals surface area contributed by atoms with Crippen molar-refractivity contribution in [3.05, 3.63) is 55.8 Å². The number of nitrogens with zero attached hydrogens (tertiary/aromatic N) is 2. The SMILES string of the molecule is Cc1cnc(Oc2ccccc2I)c([N+](=O)[O-])c1. The Balaban J connectivity index is 2.41. The van der Waals surface area contributed by atoms with Crippen molar-refractivity contribution in [3.63, 3.8) is 0 Å². The molecule has 0 aliphatic heterocycles. The Kier molecular flexibility index (Phi) is 3.75. The number of benzene rings is 1. The van der Waals surface area contributed by atoms with Gasteiger partial charge in [0.2, 0.25) is 0 Å². The summed E-state index contributed by atoms with van der Waals surface area (Å²) in [4.78, 5) is 14.4. The lowest BCUT2D eigenvalue weighted by Crippen LogP contribution is -1.97. The Hall–Kier alpha value is -1.70. The summed E-state index contributed by atoms with van der Waals surface area (Å²) >= 11 is 2.10. The third-order valence-electron chi connectivity index (χ3n) is 2.21. The van der Waals surface area contributed by atoms with Crippen LogP contribution in [0.15, 0.2) is 36.5 Å². The van der Waals surface area contributed by atoms with Crippen LogP contribution in [-0.4, -0.2) is 9.91 Å². The van der Waals surface area contributed by atoms with Crippen LogP contribution in [-0.2, 0) is 0 Å². The van der Waals surface area contributed by atoms with Gasteiger partial charge in [-0.2, -0.15) is 0 Å². The Bertz CT molecular complexity index is 602. The number of ether oxygens (including phenoxy) is 1. The van der Waals surface area contributed by atoms with Crippen LogP contribution in [0.1, 0.15) is 5.56 Å². The van der Waals surface area contributed by atoms with Gasteiger partial charge in [-0.05, 0) is 47.2 Å². The molecule has 18 heavy (non-hydrogen) atoms. The van der Waals surface area contributed by atoms with E-state index in [4.69, 9.17) is 4.74 Å². The van der Waals surface area contributed by atoms with Gasteiger partial charge in [-0.3, -0.25) is 10.1 Å². The van der Waals surface area contributed by atoms with Crippen molar-refractivity contribution >= 4 is 28.3 Å². The van der Waals surface area contributed by atoms with E-state index in [0.29, 0.717) is 5.75 Å². The second-order valence-electron chi connectivity index (χ2n) is 3.63. The molecule has 0 amide bonds. The summed E-state index contributed by atoms with van der Waals surface area (Å²) in [5.41, 5.74) is 0.589. The fourth-order valence-electron chi connectivity index (χ4n) is 1.38. The number of pyridine rings is 1. The molecule has 5 nitrogen and oxygen atoms in total. The number of hydrogen-bond donors (Lipinski definition) is 0. The summed E-state index contributed by atoms with van der Waals surface area (Å²) in [6.45, 7) is 1.75. The summed E-state index contributed by atoms with van der Waals surface area (Å²) < 4.78 is 6.36. The van der Waals surface area contributed by atoms with Gasteiger partial charge in [0.05, 0.1) is 8.49 Å². The van der Waals surface area contributed by atoms with E-state index >= 15 is 0 Å². The van der Waals surface area contributed by atoms with Gasteiger partial charge in [0.1, 0.15) is 5.75 Å². The number of hydrogen-bond acceptors (Lipinski definition) is 4. The zero-order chi connectivity index (χ0) is 13.1. The van der Waals surface area contributed by atoms with Gasteiger partial charge in [0, 0.05) is 12.3 Å². The number of aryl methyl sites for hydroxylation is 1. The van der Waals surface area contributed by atoms with Crippen molar-refractivity contribution in [3.8, 4) is 11.6 Å². The van der Waals surface area contributed by atoms with E-state index in [1.54, 1.807) is 19.1 Å². The first-order chi connectivity index (χ1) is 8.58. The Labute approximate surface area is 117 Å². The molecule has 0 spiro atoms. The highest BCUT2D eigenvalue weighted by Crippen LogP contribution is 2.31. The van der Waals surface area contributed by atoms with E-state index in [1.165, 1.54) is 12.3 Å². The summed E-state index contributed by atoms with van der Waals surface area (Å²) in [7, 11) is 0. The third kappa shape index (κ3) is 2.76. The van der Waals surface area contributed by atoms with E-state index < -0.39 is 4.92 Å². The summed E-state index contributed by atoms with van der Waals surface area (Å²) in [6.07, 6.45) is 1.54. The van der Waals surface area contributed by atoms with Gasteiger partial charge >= 0.3 is 5.69 Å². The summed E-state index contributed by atoms with van der Waals surface area (Å²) in [5.74, 6) is 0.562. The standard InChI is InChI=1S/C12H9IN2O3/c1-8-6-10(15(16)17)12(14-7-8)18-11-5-3-2-4-9(11)13/h2-7H,1H3. The Morgan fingerprint density at radius 1 is 1.39 bits per heavy atom. The second kappa shape index (κ2) is 5.30. The molecule has 0 atom stereocenters. The number of halogens is 1. The van der Waals surface area contributed by atoms with Gasteiger partial charge in [0.15, 0.2) is 0 Å². The van der Waals surface area contributed by atoms with Gasteiger partial charge in [-0.25, -0.2) is 4.98 Å². The predicted octanol–water partition coefficient (Wildman–Crippen LogP) is 3.70. The average molecular weight is 356 g/mol. The van der Waals surface area contributed by atoms with E-state index in [2.05, 4.69) is 27.6 Å². The molecule has 1 aromatic heterocycles. The first-order valence-electron chi connectivity index (χ1n) is 5.11. The zero-order valence-corrected chi connectivity index (χ0v) is 11.6. The number of aromatic nitrogens is 1. The molecule has 0 aliphatic rings. The van der Waals surface area contributed by atoms with E-state index in [0.717, 1.165) is 9.13 Å². The molecule has 0 radical (unpaired) electrons. The minimum atomic E-state index is -0.495. The molecule has 0 N–H and O–H groups in total. The van der Waals surface area contributed by atoms with E-state index in [-0.39, 0.29) is 11.6 Å². The van der Waals surface area contributed by atoms with Crippen molar-refractivity contribution in [2.45, 2.75) is 6.92 Å². The van der Waals surface area contributed by atoms with Crippen LogP contribution in [0, 0.1) is 20.6 Å². The fraction of sp³-hybridized carbons (Fsp3) is 0.0833. The van der Waals surface area contributed by atoms with Crippen LogP contribution in [0.3, 0.4) is 0 Å². The third-order valence-corrected chi connectivity index (χ3v) is 3.10. The molecule has 2 rings (SSSR count).